The van der Waals surface area contributed by atoms with Crippen LogP contribution in [-0.4, -0.2) is 0 Å². The fraction of sp³-hybridized carbons (Fsp3) is 0.800. The SMILES string of the molecule is C=CC(CC)(CC)CCC. The molecule has 60 valence electrons. The smallest absolute Gasteiger partial charge is 0.0126 e. The lowest BCUT2D eigenvalue weighted by molar-refractivity contribution is 0.321. The molecule has 0 atom stereocenters. The second kappa shape index (κ2) is 4.54. The molecule has 0 saturated heterocycles. The van der Waals surface area contributed by atoms with E-state index in [2.05, 4.69) is 33.4 Å². The summed E-state index contributed by atoms with van der Waals surface area (Å²) in [6.45, 7) is 10.6. The molecule has 0 aromatic heterocycles. The molecule has 0 unspecified atom stereocenters. The Morgan fingerprint density at radius 2 is 1.70 bits per heavy atom. The topological polar surface area (TPSA) is 0 Å². The Kier molecular flexibility index (Phi) is 4.42. The summed E-state index contributed by atoms with van der Waals surface area (Å²) in [5.41, 5.74) is 0.439. The van der Waals surface area contributed by atoms with E-state index in [-0.39, 0.29) is 0 Å². The van der Waals surface area contributed by atoms with Crippen LogP contribution in [0.2, 0.25) is 0 Å². The van der Waals surface area contributed by atoms with Crippen molar-refractivity contribution in [2.45, 2.75) is 46.5 Å². The normalized spacial score (nSPS) is 11.5. The van der Waals surface area contributed by atoms with Crippen molar-refractivity contribution in [1.82, 2.24) is 0 Å². The molecule has 0 fully saturated rings. The molecule has 0 bridgehead atoms. The van der Waals surface area contributed by atoms with Crippen molar-refractivity contribution < 1.29 is 0 Å². The van der Waals surface area contributed by atoms with E-state index in [0.29, 0.717) is 5.41 Å². The van der Waals surface area contributed by atoms with Gasteiger partial charge in [0, 0.05) is 0 Å². The monoisotopic (exact) mass is 140 g/mol. The third-order valence-corrected chi connectivity index (χ3v) is 2.59. The van der Waals surface area contributed by atoms with E-state index in [4.69, 9.17) is 0 Å². The van der Waals surface area contributed by atoms with Crippen LogP contribution >= 0.6 is 0 Å². The molecule has 0 aromatic rings. The van der Waals surface area contributed by atoms with Crippen molar-refractivity contribution in [3.63, 3.8) is 0 Å². The summed E-state index contributed by atoms with van der Waals surface area (Å²) in [7, 11) is 0. The molecule has 0 saturated carbocycles. The Labute approximate surface area is 65.3 Å². The van der Waals surface area contributed by atoms with Gasteiger partial charge in [0.1, 0.15) is 0 Å². The van der Waals surface area contributed by atoms with Crippen molar-refractivity contribution >= 4 is 0 Å². The van der Waals surface area contributed by atoms with Gasteiger partial charge in [-0.1, -0.05) is 33.3 Å². The molecule has 0 radical (unpaired) electrons. The van der Waals surface area contributed by atoms with E-state index in [0.717, 1.165) is 0 Å². The third kappa shape index (κ3) is 2.17. The van der Waals surface area contributed by atoms with Crippen LogP contribution in [0.25, 0.3) is 0 Å². The molecular weight excluding hydrogens is 120 g/mol. The fourth-order valence-electron chi connectivity index (χ4n) is 1.49. The van der Waals surface area contributed by atoms with Crippen LogP contribution < -0.4 is 0 Å². The molecule has 10 heavy (non-hydrogen) atoms. The molecule has 0 nitrogen and oxygen atoms in total. The Morgan fingerprint density at radius 3 is 1.80 bits per heavy atom. The second-order valence-corrected chi connectivity index (χ2v) is 3.02. The van der Waals surface area contributed by atoms with E-state index in [1.54, 1.807) is 0 Å². The van der Waals surface area contributed by atoms with E-state index in [1.165, 1.54) is 25.7 Å². The summed E-state index contributed by atoms with van der Waals surface area (Å²) in [4.78, 5) is 0. The fourth-order valence-corrected chi connectivity index (χ4v) is 1.49. The van der Waals surface area contributed by atoms with Crippen LogP contribution in [0, 0.1) is 5.41 Å². The highest BCUT2D eigenvalue weighted by Gasteiger charge is 2.19. The van der Waals surface area contributed by atoms with Crippen LogP contribution in [0.3, 0.4) is 0 Å². The van der Waals surface area contributed by atoms with Crippen LogP contribution in [0.15, 0.2) is 12.7 Å². The Balaban J connectivity index is 4.00. The van der Waals surface area contributed by atoms with E-state index < -0.39 is 0 Å². The molecule has 0 aliphatic heterocycles. The van der Waals surface area contributed by atoms with Gasteiger partial charge in [-0.3, -0.25) is 0 Å². The lowest BCUT2D eigenvalue weighted by Crippen LogP contribution is -2.14. The number of hydrogen-bond donors (Lipinski definition) is 0. The predicted molar refractivity (Wildman–Crippen MR) is 48.1 cm³/mol. The first-order chi connectivity index (χ1) is 4.74. The zero-order valence-electron chi connectivity index (χ0n) is 7.61. The van der Waals surface area contributed by atoms with E-state index in [1.807, 2.05) is 0 Å². The zero-order chi connectivity index (χ0) is 8.04. The largest absolute Gasteiger partial charge is 0.103 e. The minimum Gasteiger partial charge on any atom is -0.103 e. The standard InChI is InChI=1S/C10H20/c1-5-9-10(6-2,7-3)8-4/h6H,2,5,7-9H2,1,3-4H3. The summed E-state index contributed by atoms with van der Waals surface area (Å²) in [6, 6.07) is 0. The predicted octanol–water partition coefficient (Wildman–Crippen LogP) is 3.78. The summed E-state index contributed by atoms with van der Waals surface area (Å²) < 4.78 is 0. The average Bonchev–Trinajstić information content (AvgIpc) is 2.01. The molecule has 0 rings (SSSR count). The van der Waals surface area contributed by atoms with Crippen molar-refractivity contribution in [2.75, 3.05) is 0 Å². The van der Waals surface area contributed by atoms with Crippen LogP contribution in [-0.2, 0) is 0 Å². The van der Waals surface area contributed by atoms with Crippen molar-refractivity contribution in [1.29, 1.82) is 0 Å². The lowest BCUT2D eigenvalue weighted by atomic mass is 9.79. The molecule has 0 heterocycles. The summed E-state index contributed by atoms with van der Waals surface area (Å²) in [5.74, 6) is 0. The zero-order valence-corrected chi connectivity index (χ0v) is 7.61. The molecule has 0 aromatic carbocycles. The summed E-state index contributed by atoms with van der Waals surface area (Å²) in [6.07, 6.45) is 7.18. The summed E-state index contributed by atoms with van der Waals surface area (Å²) >= 11 is 0. The maximum atomic E-state index is 3.89. The first-order valence-corrected chi connectivity index (χ1v) is 4.38. The van der Waals surface area contributed by atoms with Crippen LogP contribution in [0.5, 0.6) is 0 Å². The number of rotatable bonds is 5. The van der Waals surface area contributed by atoms with Gasteiger partial charge in [0.2, 0.25) is 0 Å². The minimum atomic E-state index is 0.439. The number of hydrogen-bond acceptors (Lipinski definition) is 0. The van der Waals surface area contributed by atoms with Gasteiger partial charge in [-0.25, -0.2) is 0 Å². The van der Waals surface area contributed by atoms with Gasteiger partial charge < -0.3 is 0 Å². The molecule has 0 aliphatic rings. The van der Waals surface area contributed by atoms with Crippen LogP contribution in [0.1, 0.15) is 46.5 Å². The molecule has 0 amide bonds. The molecule has 0 N–H and O–H groups in total. The summed E-state index contributed by atoms with van der Waals surface area (Å²) in [5, 5.41) is 0. The molecule has 0 aliphatic carbocycles. The Morgan fingerprint density at radius 1 is 1.20 bits per heavy atom. The second-order valence-electron chi connectivity index (χ2n) is 3.02. The van der Waals surface area contributed by atoms with Crippen molar-refractivity contribution in [2.24, 2.45) is 5.41 Å². The highest BCUT2D eigenvalue weighted by molar-refractivity contribution is 4.92. The minimum absolute atomic E-state index is 0.439. The maximum Gasteiger partial charge on any atom is -0.0126 e. The lowest BCUT2D eigenvalue weighted by Gasteiger charge is -2.26. The van der Waals surface area contributed by atoms with Gasteiger partial charge in [-0.2, -0.15) is 0 Å². The first-order valence-electron chi connectivity index (χ1n) is 4.38. The van der Waals surface area contributed by atoms with Gasteiger partial charge in [0.15, 0.2) is 0 Å². The highest BCUT2D eigenvalue weighted by atomic mass is 14.2. The van der Waals surface area contributed by atoms with Crippen LogP contribution in [0.4, 0.5) is 0 Å². The Bertz CT molecular complexity index is 88.2. The first kappa shape index (κ1) is 9.74. The van der Waals surface area contributed by atoms with E-state index >= 15 is 0 Å². The van der Waals surface area contributed by atoms with Gasteiger partial charge >= 0.3 is 0 Å². The third-order valence-electron chi connectivity index (χ3n) is 2.59. The van der Waals surface area contributed by atoms with Gasteiger partial charge in [0.25, 0.3) is 0 Å². The Hall–Kier alpha value is -0.260. The van der Waals surface area contributed by atoms with Gasteiger partial charge in [-0.15, -0.1) is 6.58 Å². The molecular formula is C10H20. The van der Waals surface area contributed by atoms with Crippen molar-refractivity contribution in [3.05, 3.63) is 12.7 Å². The highest BCUT2D eigenvalue weighted by Crippen LogP contribution is 2.32. The number of allylic oxidation sites excluding steroid dienone is 1. The quantitative estimate of drug-likeness (QED) is 0.510. The van der Waals surface area contributed by atoms with E-state index in [9.17, 15) is 0 Å². The average molecular weight is 140 g/mol. The molecule has 0 heteroatoms. The van der Waals surface area contributed by atoms with Gasteiger partial charge in [-0.05, 0) is 24.7 Å². The van der Waals surface area contributed by atoms with Gasteiger partial charge in [0.05, 0.1) is 0 Å². The van der Waals surface area contributed by atoms with Crippen molar-refractivity contribution in [3.8, 4) is 0 Å². The molecule has 0 spiro atoms. The maximum absolute atomic E-state index is 3.89.